The summed E-state index contributed by atoms with van der Waals surface area (Å²) in [6, 6.07) is 9.08. The van der Waals surface area contributed by atoms with E-state index in [0.29, 0.717) is 18.8 Å². The highest BCUT2D eigenvalue weighted by atomic mass is 32.2. The Morgan fingerprint density at radius 3 is 2.41 bits per heavy atom. The predicted molar refractivity (Wildman–Crippen MR) is 102 cm³/mol. The molecule has 0 amide bonds. The van der Waals surface area contributed by atoms with E-state index in [4.69, 9.17) is 9.47 Å². The smallest absolute Gasteiger partial charge is 0.338 e. The third kappa shape index (κ3) is 4.87. The van der Waals surface area contributed by atoms with Gasteiger partial charge in [0.2, 0.25) is 10.0 Å². The number of hydrogen-bond acceptors (Lipinski definition) is 6. The van der Waals surface area contributed by atoms with Gasteiger partial charge in [-0.2, -0.15) is 4.31 Å². The van der Waals surface area contributed by atoms with E-state index in [1.54, 1.807) is 6.92 Å². The van der Waals surface area contributed by atoms with Gasteiger partial charge in [0.05, 0.1) is 23.7 Å². The number of ketones is 1. The van der Waals surface area contributed by atoms with Crippen LogP contribution in [0.1, 0.15) is 26.3 Å². The lowest BCUT2D eigenvalue weighted by Crippen LogP contribution is -2.40. The predicted octanol–water partition coefficient (Wildman–Crippen LogP) is 2.19. The van der Waals surface area contributed by atoms with Gasteiger partial charge in [-0.05, 0) is 48.9 Å². The van der Waals surface area contributed by atoms with Gasteiger partial charge >= 0.3 is 5.97 Å². The molecule has 0 spiro atoms. The molecular weight excluding hydrogens is 401 g/mol. The number of halogens is 1. The molecule has 1 fully saturated rings. The van der Waals surface area contributed by atoms with Crippen molar-refractivity contribution in [3.63, 3.8) is 0 Å². The number of hydrogen-bond donors (Lipinski definition) is 0. The summed E-state index contributed by atoms with van der Waals surface area (Å²) < 4.78 is 50.0. The van der Waals surface area contributed by atoms with Gasteiger partial charge in [0, 0.05) is 18.7 Å². The van der Waals surface area contributed by atoms with E-state index >= 15 is 0 Å². The molecule has 1 heterocycles. The van der Waals surface area contributed by atoms with E-state index in [1.165, 1.54) is 34.6 Å². The maximum Gasteiger partial charge on any atom is 0.338 e. The van der Waals surface area contributed by atoms with E-state index in [2.05, 4.69) is 0 Å². The second-order valence-corrected chi connectivity index (χ2v) is 8.44. The normalized spacial score (nSPS) is 15.1. The summed E-state index contributed by atoms with van der Waals surface area (Å²) in [6.45, 7) is 2.20. The molecule has 154 valence electrons. The van der Waals surface area contributed by atoms with Crippen LogP contribution in [0.15, 0.2) is 47.4 Å². The van der Waals surface area contributed by atoms with Crippen LogP contribution >= 0.6 is 0 Å². The Balaban J connectivity index is 1.74. The lowest BCUT2D eigenvalue weighted by atomic mass is 10.1. The Kier molecular flexibility index (Phi) is 6.41. The van der Waals surface area contributed by atoms with Gasteiger partial charge in [-0.25, -0.2) is 17.6 Å². The number of ether oxygens (including phenoxy) is 2. The number of aryl methyl sites for hydroxylation is 1. The maximum absolute atomic E-state index is 12.9. The molecule has 0 unspecified atom stereocenters. The molecule has 0 N–H and O–H groups in total. The number of benzene rings is 2. The Labute approximate surface area is 168 Å². The minimum absolute atomic E-state index is 0.0261. The molecular formula is C20H20FNO6S. The van der Waals surface area contributed by atoms with E-state index < -0.39 is 34.2 Å². The van der Waals surface area contributed by atoms with Gasteiger partial charge < -0.3 is 9.47 Å². The van der Waals surface area contributed by atoms with Crippen LogP contribution in [0.25, 0.3) is 0 Å². The van der Waals surface area contributed by atoms with Crippen molar-refractivity contribution >= 4 is 21.8 Å². The van der Waals surface area contributed by atoms with E-state index in [-0.39, 0.29) is 29.1 Å². The first-order valence-electron chi connectivity index (χ1n) is 8.93. The summed E-state index contributed by atoms with van der Waals surface area (Å²) >= 11 is 0. The zero-order valence-corrected chi connectivity index (χ0v) is 16.6. The largest absolute Gasteiger partial charge is 0.454 e. The summed E-state index contributed by atoms with van der Waals surface area (Å²) in [7, 11) is -3.77. The third-order valence-corrected chi connectivity index (χ3v) is 6.43. The number of esters is 1. The highest BCUT2D eigenvalue weighted by Gasteiger charge is 2.27. The summed E-state index contributed by atoms with van der Waals surface area (Å²) in [5.74, 6) is -1.78. The Hall–Kier alpha value is -2.62. The minimum atomic E-state index is -3.77. The molecule has 29 heavy (non-hydrogen) atoms. The molecule has 9 heteroatoms. The fourth-order valence-corrected chi connectivity index (χ4v) is 4.28. The quantitative estimate of drug-likeness (QED) is 0.525. The van der Waals surface area contributed by atoms with Crippen LogP contribution in [0, 0.1) is 12.7 Å². The van der Waals surface area contributed by atoms with Gasteiger partial charge in [0.25, 0.3) is 0 Å². The fourth-order valence-electron chi connectivity index (χ4n) is 2.85. The zero-order valence-electron chi connectivity index (χ0n) is 15.8. The summed E-state index contributed by atoms with van der Waals surface area (Å²) in [5.41, 5.74) is 0.788. The van der Waals surface area contributed by atoms with Crippen LogP contribution in [-0.2, 0) is 19.5 Å². The van der Waals surface area contributed by atoms with Crippen LogP contribution in [0.3, 0.4) is 0 Å². The second kappa shape index (κ2) is 8.81. The SMILES string of the molecule is Cc1ccc(S(=O)(=O)N2CCOCC2)cc1C(=O)OCC(=O)c1ccc(F)cc1. The molecule has 1 aliphatic rings. The van der Waals surface area contributed by atoms with Gasteiger partial charge in [-0.15, -0.1) is 0 Å². The molecule has 7 nitrogen and oxygen atoms in total. The average Bonchev–Trinajstić information content (AvgIpc) is 2.73. The first kappa shape index (κ1) is 21.1. The molecule has 2 aromatic carbocycles. The number of rotatable bonds is 6. The van der Waals surface area contributed by atoms with E-state index in [0.717, 1.165) is 12.1 Å². The number of carbonyl (C=O) groups excluding carboxylic acids is 2. The van der Waals surface area contributed by atoms with Crippen LogP contribution in [-0.4, -0.2) is 57.4 Å². The maximum atomic E-state index is 12.9. The number of sulfonamides is 1. The Bertz CT molecular complexity index is 1010. The highest BCUT2D eigenvalue weighted by Crippen LogP contribution is 2.21. The van der Waals surface area contributed by atoms with Crippen molar-refractivity contribution < 1.29 is 31.9 Å². The standard InChI is InChI=1S/C20H20FNO6S/c1-14-2-7-17(29(25,26)22-8-10-27-11-9-22)12-18(14)20(24)28-13-19(23)15-3-5-16(21)6-4-15/h2-7,12H,8-11,13H2,1H3. The van der Waals surface area contributed by atoms with Crippen molar-refractivity contribution in [2.75, 3.05) is 32.9 Å². The summed E-state index contributed by atoms with van der Waals surface area (Å²) in [5, 5.41) is 0. The lowest BCUT2D eigenvalue weighted by molar-refractivity contribution is 0.0473. The van der Waals surface area contributed by atoms with Crippen molar-refractivity contribution in [3.05, 3.63) is 65.0 Å². The van der Waals surface area contributed by atoms with Gasteiger partial charge in [0.15, 0.2) is 12.4 Å². The van der Waals surface area contributed by atoms with E-state index in [9.17, 15) is 22.4 Å². The van der Waals surface area contributed by atoms with Crippen molar-refractivity contribution in [2.45, 2.75) is 11.8 Å². The fraction of sp³-hybridized carbons (Fsp3) is 0.300. The summed E-state index contributed by atoms with van der Waals surface area (Å²) in [4.78, 5) is 24.5. The first-order valence-corrected chi connectivity index (χ1v) is 10.4. The van der Waals surface area contributed by atoms with Crippen LogP contribution in [0.4, 0.5) is 4.39 Å². The number of carbonyl (C=O) groups is 2. The van der Waals surface area contributed by atoms with Crippen molar-refractivity contribution in [1.82, 2.24) is 4.31 Å². The number of Topliss-reactive ketones (excluding diaryl/α,β-unsaturated/α-hetero) is 1. The highest BCUT2D eigenvalue weighted by molar-refractivity contribution is 7.89. The molecule has 2 aromatic rings. The molecule has 0 bridgehead atoms. The van der Waals surface area contributed by atoms with Crippen molar-refractivity contribution in [2.24, 2.45) is 0 Å². The average molecular weight is 421 g/mol. The molecule has 3 rings (SSSR count). The van der Waals surface area contributed by atoms with Crippen LogP contribution < -0.4 is 0 Å². The second-order valence-electron chi connectivity index (χ2n) is 6.50. The molecule has 0 saturated carbocycles. The van der Waals surface area contributed by atoms with Crippen LogP contribution in [0.2, 0.25) is 0 Å². The van der Waals surface area contributed by atoms with E-state index in [1.807, 2.05) is 0 Å². The first-order chi connectivity index (χ1) is 13.8. The van der Waals surface area contributed by atoms with Gasteiger partial charge in [-0.1, -0.05) is 6.07 Å². The molecule has 0 atom stereocenters. The molecule has 0 aromatic heterocycles. The summed E-state index contributed by atoms with van der Waals surface area (Å²) in [6.07, 6.45) is 0. The Morgan fingerprint density at radius 2 is 1.76 bits per heavy atom. The molecule has 0 radical (unpaired) electrons. The Morgan fingerprint density at radius 1 is 1.10 bits per heavy atom. The van der Waals surface area contributed by atoms with Gasteiger partial charge in [-0.3, -0.25) is 4.79 Å². The lowest BCUT2D eigenvalue weighted by Gasteiger charge is -2.26. The monoisotopic (exact) mass is 421 g/mol. The minimum Gasteiger partial charge on any atom is -0.454 e. The molecule has 0 aliphatic carbocycles. The van der Waals surface area contributed by atoms with Crippen molar-refractivity contribution in [1.29, 1.82) is 0 Å². The van der Waals surface area contributed by atoms with Gasteiger partial charge in [0.1, 0.15) is 5.82 Å². The zero-order chi connectivity index (χ0) is 21.0. The van der Waals surface area contributed by atoms with Crippen molar-refractivity contribution in [3.8, 4) is 0 Å². The topological polar surface area (TPSA) is 90.0 Å². The molecule has 1 aliphatic heterocycles. The number of nitrogens with zero attached hydrogens (tertiary/aromatic N) is 1. The van der Waals surface area contributed by atoms with Crippen LogP contribution in [0.5, 0.6) is 0 Å². The number of morpholine rings is 1. The molecule has 1 saturated heterocycles. The third-order valence-electron chi connectivity index (χ3n) is 4.54.